The topological polar surface area (TPSA) is 29.5 Å². The fourth-order valence-electron chi connectivity index (χ4n) is 4.47. The van der Waals surface area contributed by atoms with Crippen molar-refractivity contribution in [2.45, 2.75) is 22.8 Å². The molecule has 1 saturated heterocycles. The van der Waals surface area contributed by atoms with Crippen LogP contribution in [0, 0.1) is 0 Å². The van der Waals surface area contributed by atoms with Crippen molar-refractivity contribution >= 4 is 29.5 Å². The van der Waals surface area contributed by atoms with Crippen LogP contribution in [0.15, 0.2) is 78.9 Å². The Morgan fingerprint density at radius 2 is 1.60 bits per heavy atom. The summed E-state index contributed by atoms with van der Waals surface area (Å²) in [6.07, 6.45) is 1.58. The van der Waals surface area contributed by atoms with Crippen molar-refractivity contribution in [3.8, 4) is 5.75 Å². The number of rotatable bonds is 2. The second-order valence-electron chi connectivity index (χ2n) is 7.80. The Balaban J connectivity index is 1.34. The third-order valence-corrected chi connectivity index (χ3v) is 8.12. The number of piperidine rings is 1. The van der Waals surface area contributed by atoms with Crippen molar-refractivity contribution in [1.29, 1.82) is 0 Å². The standard InChI is InChI=1S/C25H22ClNO2S/c26-19-12-10-18(11-13-19)23-21-8-4-5-9-22(21)25(30-23)14-16-27(17-15-25)24(28)29-20-6-2-1-3-7-20/h1-13,23H,14-17H2. The van der Waals surface area contributed by atoms with E-state index in [1.54, 1.807) is 0 Å². The molecule has 5 heteroatoms. The first kappa shape index (κ1) is 19.5. The molecular formula is C25H22ClNO2S. The second-order valence-corrected chi connectivity index (χ2v) is 9.72. The van der Waals surface area contributed by atoms with Gasteiger partial charge in [-0.15, -0.1) is 11.8 Å². The number of benzene rings is 3. The number of para-hydroxylation sites is 1. The molecule has 2 aliphatic rings. The normalized spacial score (nSPS) is 19.5. The highest BCUT2D eigenvalue weighted by Gasteiger charge is 2.47. The molecule has 1 atom stereocenters. The molecule has 1 spiro atoms. The van der Waals surface area contributed by atoms with Crippen LogP contribution in [0.4, 0.5) is 4.79 Å². The first-order valence-electron chi connectivity index (χ1n) is 10.2. The van der Waals surface area contributed by atoms with Crippen molar-refractivity contribution in [3.05, 3.63) is 101 Å². The molecule has 3 nitrogen and oxygen atoms in total. The minimum Gasteiger partial charge on any atom is -0.410 e. The first-order valence-corrected chi connectivity index (χ1v) is 11.4. The van der Waals surface area contributed by atoms with E-state index in [1.165, 1.54) is 16.7 Å². The van der Waals surface area contributed by atoms with Gasteiger partial charge >= 0.3 is 6.09 Å². The predicted octanol–water partition coefficient (Wildman–Crippen LogP) is 6.67. The molecule has 1 fully saturated rings. The SMILES string of the molecule is O=C(Oc1ccccc1)N1CCC2(CC1)SC(c1ccc(Cl)cc1)c1ccccc12. The monoisotopic (exact) mass is 435 g/mol. The van der Waals surface area contributed by atoms with Gasteiger partial charge in [-0.2, -0.15) is 0 Å². The Morgan fingerprint density at radius 3 is 2.33 bits per heavy atom. The van der Waals surface area contributed by atoms with Gasteiger partial charge in [0.25, 0.3) is 0 Å². The molecule has 30 heavy (non-hydrogen) atoms. The largest absolute Gasteiger partial charge is 0.415 e. The lowest BCUT2D eigenvalue weighted by Gasteiger charge is -2.39. The van der Waals surface area contributed by atoms with Gasteiger partial charge in [-0.3, -0.25) is 0 Å². The van der Waals surface area contributed by atoms with Gasteiger partial charge in [-0.1, -0.05) is 66.2 Å². The zero-order chi connectivity index (χ0) is 20.6. The van der Waals surface area contributed by atoms with Crippen molar-refractivity contribution in [2.75, 3.05) is 13.1 Å². The van der Waals surface area contributed by atoms with Crippen LogP contribution in [0.3, 0.4) is 0 Å². The summed E-state index contributed by atoms with van der Waals surface area (Å²) in [4.78, 5) is 14.4. The number of nitrogens with zero attached hydrogens (tertiary/aromatic N) is 1. The number of carbonyl (C=O) groups excluding carboxylic acids is 1. The molecule has 152 valence electrons. The number of amides is 1. The summed E-state index contributed by atoms with van der Waals surface area (Å²) < 4.78 is 5.58. The Kier molecular flexibility index (Phi) is 5.21. The summed E-state index contributed by atoms with van der Waals surface area (Å²) >= 11 is 8.13. The smallest absolute Gasteiger partial charge is 0.410 e. The molecule has 0 saturated carbocycles. The van der Waals surface area contributed by atoms with Crippen LogP contribution in [-0.2, 0) is 4.75 Å². The van der Waals surface area contributed by atoms with Gasteiger partial charge in [0.05, 0.1) is 5.25 Å². The molecule has 1 unspecified atom stereocenters. The van der Waals surface area contributed by atoms with E-state index >= 15 is 0 Å². The summed E-state index contributed by atoms with van der Waals surface area (Å²) in [5.41, 5.74) is 4.07. The number of ether oxygens (including phenoxy) is 1. The fourth-order valence-corrected chi connectivity index (χ4v) is 6.40. The maximum atomic E-state index is 12.6. The predicted molar refractivity (Wildman–Crippen MR) is 122 cm³/mol. The molecule has 0 bridgehead atoms. The van der Waals surface area contributed by atoms with E-state index in [1.807, 2.05) is 59.1 Å². The lowest BCUT2D eigenvalue weighted by molar-refractivity contribution is 0.135. The lowest BCUT2D eigenvalue weighted by atomic mass is 9.84. The van der Waals surface area contributed by atoms with Crippen molar-refractivity contribution in [1.82, 2.24) is 4.90 Å². The Morgan fingerprint density at radius 1 is 0.933 bits per heavy atom. The van der Waals surface area contributed by atoms with Gasteiger partial charge < -0.3 is 9.64 Å². The molecular weight excluding hydrogens is 414 g/mol. The number of hydrogen-bond donors (Lipinski definition) is 0. The number of likely N-dealkylation sites (tertiary alicyclic amines) is 1. The van der Waals surface area contributed by atoms with E-state index in [4.69, 9.17) is 16.3 Å². The molecule has 5 rings (SSSR count). The zero-order valence-electron chi connectivity index (χ0n) is 16.5. The van der Waals surface area contributed by atoms with Crippen LogP contribution in [-0.4, -0.2) is 24.1 Å². The Bertz CT molecular complexity index is 1050. The van der Waals surface area contributed by atoms with Crippen molar-refractivity contribution in [2.24, 2.45) is 0 Å². The quantitative estimate of drug-likeness (QED) is 0.450. The van der Waals surface area contributed by atoms with E-state index in [9.17, 15) is 4.79 Å². The summed E-state index contributed by atoms with van der Waals surface area (Å²) in [5.74, 6) is 0.589. The van der Waals surface area contributed by atoms with Crippen molar-refractivity contribution < 1.29 is 9.53 Å². The molecule has 0 aromatic heterocycles. The maximum absolute atomic E-state index is 12.6. The zero-order valence-corrected chi connectivity index (χ0v) is 18.0. The maximum Gasteiger partial charge on any atom is 0.415 e. The van der Waals surface area contributed by atoms with Crippen LogP contribution >= 0.6 is 23.4 Å². The van der Waals surface area contributed by atoms with E-state index in [2.05, 4.69) is 36.4 Å². The molecule has 3 aromatic rings. The average Bonchev–Trinajstić information content (AvgIpc) is 3.10. The minimum absolute atomic E-state index is 0.0322. The van der Waals surface area contributed by atoms with Gasteiger partial charge in [-0.05, 0) is 53.8 Å². The molecule has 3 aromatic carbocycles. The number of carbonyl (C=O) groups is 1. The second kappa shape index (κ2) is 8.01. The number of hydrogen-bond acceptors (Lipinski definition) is 3. The Hall–Kier alpha value is -2.43. The molecule has 2 aliphatic heterocycles. The number of thioether (sulfide) groups is 1. The fraction of sp³-hybridized carbons (Fsp3) is 0.240. The van der Waals surface area contributed by atoms with Gasteiger partial charge in [0.1, 0.15) is 5.75 Å². The number of fused-ring (bicyclic) bond motifs is 2. The van der Waals surface area contributed by atoms with Gasteiger partial charge in [0.15, 0.2) is 0 Å². The molecule has 0 aliphatic carbocycles. The Labute approximate surface area is 186 Å². The van der Waals surface area contributed by atoms with Crippen LogP contribution in [0.5, 0.6) is 5.75 Å². The van der Waals surface area contributed by atoms with Crippen LogP contribution in [0.1, 0.15) is 34.8 Å². The minimum atomic E-state index is -0.262. The molecule has 0 N–H and O–H groups in total. The van der Waals surface area contributed by atoms with Gasteiger partial charge in [0.2, 0.25) is 0 Å². The third-order valence-electron chi connectivity index (χ3n) is 6.03. The third kappa shape index (κ3) is 3.59. The summed E-state index contributed by atoms with van der Waals surface area (Å²) in [5, 5.41) is 1.05. The molecule has 1 amide bonds. The lowest BCUT2D eigenvalue weighted by Crippen LogP contribution is -2.44. The average molecular weight is 436 g/mol. The molecule has 0 radical (unpaired) electrons. The summed E-state index contributed by atoms with van der Waals surface area (Å²) in [6.45, 7) is 1.39. The summed E-state index contributed by atoms with van der Waals surface area (Å²) in [6, 6.07) is 26.2. The van der Waals surface area contributed by atoms with E-state index < -0.39 is 0 Å². The van der Waals surface area contributed by atoms with Gasteiger partial charge in [-0.25, -0.2) is 4.79 Å². The van der Waals surface area contributed by atoms with Gasteiger partial charge in [0, 0.05) is 22.9 Å². The first-order chi connectivity index (χ1) is 14.6. The van der Waals surface area contributed by atoms with E-state index in [0.717, 1.165) is 17.9 Å². The van der Waals surface area contributed by atoms with Crippen LogP contribution < -0.4 is 4.74 Å². The van der Waals surface area contributed by atoms with E-state index in [0.29, 0.717) is 24.1 Å². The molecule has 2 heterocycles. The summed E-state index contributed by atoms with van der Waals surface area (Å²) in [7, 11) is 0. The highest BCUT2D eigenvalue weighted by atomic mass is 35.5. The van der Waals surface area contributed by atoms with Crippen LogP contribution in [0.25, 0.3) is 0 Å². The number of halogens is 1. The highest BCUT2D eigenvalue weighted by molar-refractivity contribution is 8.01. The van der Waals surface area contributed by atoms with Crippen LogP contribution in [0.2, 0.25) is 5.02 Å². The van der Waals surface area contributed by atoms with Crippen molar-refractivity contribution in [3.63, 3.8) is 0 Å². The van der Waals surface area contributed by atoms with E-state index in [-0.39, 0.29) is 10.8 Å². The highest BCUT2D eigenvalue weighted by Crippen LogP contribution is 2.61.